The van der Waals surface area contributed by atoms with Gasteiger partial charge in [0, 0.05) is 6.04 Å². The van der Waals surface area contributed by atoms with E-state index in [4.69, 9.17) is 0 Å². The van der Waals surface area contributed by atoms with Gasteiger partial charge in [0.25, 0.3) is 0 Å². The van der Waals surface area contributed by atoms with E-state index in [0.29, 0.717) is 0 Å². The first-order valence-electron chi connectivity index (χ1n) is 8.35. The molecule has 20 heavy (non-hydrogen) atoms. The van der Waals surface area contributed by atoms with Crippen LogP contribution in [0.1, 0.15) is 56.2 Å². The maximum absolute atomic E-state index is 3.78. The number of hydrogen-bond donors (Lipinski definition) is 1. The largest absolute Gasteiger partial charge is 0.314 e. The van der Waals surface area contributed by atoms with Crippen molar-refractivity contribution in [1.29, 1.82) is 0 Å². The summed E-state index contributed by atoms with van der Waals surface area (Å²) in [5, 5.41) is 3.78. The average molecular weight is 273 g/mol. The molecule has 0 aliphatic heterocycles. The molecule has 1 nitrogen and oxygen atoms in total. The van der Waals surface area contributed by atoms with Gasteiger partial charge in [-0.1, -0.05) is 37.6 Å². The van der Waals surface area contributed by atoms with Gasteiger partial charge in [0.2, 0.25) is 0 Å². The minimum Gasteiger partial charge on any atom is -0.314 e. The van der Waals surface area contributed by atoms with E-state index in [2.05, 4.69) is 51.2 Å². The van der Waals surface area contributed by atoms with Crippen molar-refractivity contribution in [2.45, 2.75) is 65.8 Å². The topological polar surface area (TPSA) is 12.0 Å². The summed E-state index contributed by atoms with van der Waals surface area (Å²) in [6.07, 6.45) is 6.74. The first kappa shape index (κ1) is 15.6. The Morgan fingerprint density at radius 3 is 2.45 bits per heavy atom. The zero-order chi connectivity index (χ0) is 14.5. The molecular weight excluding hydrogens is 242 g/mol. The Morgan fingerprint density at radius 1 is 1.10 bits per heavy atom. The summed E-state index contributed by atoms with van der Waals surface area (Å²) in [6, 6.07) is 7.56. The molecule has 1 aromatic carbocycles. The zero-order valence-electron chi connectivity index (χ0n) is 13.7. The number of benzene rings is 1. The normalized spacial score (nSPS) is 23.2. The third-order valence-corrected chi connectivity index (χ3v) is 5.05. The summed E-state index contributed by atoms with van der Waals surface area (Å²) in [5.74, 6) is 1.83. The predicted octanol–water partition coefficient (Wildman–Crippen LogP) is 4.65. The molecule has 0 heterocycles. The van der Waals surface area contributed by atoms with E-state index >= 15 is 0 Å². The van der Waals surface area contributed by atoms with Crippen LogP contribution in [0.2, 0.25) is 0 Å². The highest BCUT2D eigenvalue weighted by molar-refractivity contribution is 5.30. The fourth-order valence-electron chi connectivity index (χ4n) is 3.47. The quantitative estimate of drug-likeness (QED) is 0.823. The lowest BCUT2D eigenvalue weighted by molar-refractivity contribution is 0.239. The fourth-order valence-corrected chi connectivity index (χ4v) is 3.47. The Hall–Kier alpha value is -0.820. The lowest BCUT2D eigenvalue weighted by Crippen LogP contribution is -2.35. The summed E-state index contributed by atoms with van der Waals surface area (Å²) < 4.78 is 0. The van der Waals surface area contributed by atoms with Crippen molar-refractivity contribution in [2.24, 2.45) is 11.8 Å². The molecule has 1 fully saturated rings. The van der Waals surface area contributed by atoms with Gasteiger partial charge < -0.3 is 5.32 Å². The molecule has 1 N–H and O–H groups in total. The van der Waals surface area contributed by atoms with Gasteiger partial charge >= 0.3 is 0 Å². The molecule has 0 spiro atoms. The van der Waals surface area contributed by atoms with E-state index in [-0.39, 0.29) is 0 Å². The molecule has 2 rings (SSSR count). The van der Waals surface area contributed by atoms with Crippen molar-refractivity contribution < 1.29 is 0 Å². The smallest absolute Gasteiger partial charge is 0.00673 e. The number of rotatable bonds is 5. The van der Waals surface area contributed by atoms with Crippen LogP contribution in [0.15, 0.2) is 18.2 Å². The summed E-state index contributed by atoms with van der Waals surface area (Å²) in [7, 11) is 0. The van der Waals surface area contributed by atoms with E-state index in [1.165, 1.54) is 42.4 Å². The fraction of sp³-hybridized carbons (Fsp3) is 0.684. The molecule has 0 radical (unpaired) electrons. The maximum atomic E-state index is 3.78. The molecule has 0 saturated heterocycles. The van der Waals surface area contributed by atoms with Crippen LogP contribution in [0.5, 0.6) is 0 Å². The monoisotopic (exact) mass is 273 g/mol. The summed E-state index contributed by atoms with van der Waals surface area (Å²) in [4.78, 5) is 0. The van der Waals surface area contributed by atoms with E-state index in [0.717, 1.165) is 30.8 Å². The second kappa shape index (κ2) is 7.26. The molecule has 1 aliphatic rings. The van der Waals surface area contributed by atoms with Gasteiger partial charge in [0.15, 0.2) is 0 Å². The molecule has 0 unspecified atom stereocenters. The van der Waals surface area contributed by atoms with Crippen molar-refractivity contribution in [3.63, 3.8) is 0 Å². The van der Waals surface area contributed by atoms with E-state index in [1.807, 2.05) is 0 Å². The zero-order valence-corrected chi connectivity index (χ0v) is 13.7. The van der Waals surface area contributed by atoms with Crippen LogP contribution < -0.4 is 5.32 Å². The van der Waals surface area contributed by atoms with Crippen molar-refractivity contribution in [3.05, 3.63) is 34.9 Å². The van der Waals surface area contributed by atoms with Gasteiger partial charge in [-0.3, -0.25) is 0 Å². The van der Waals surface area contributed by atoms with Crippen LogP contribution in [-0.2, 0) is 6.42 Å². The standard InChI is InChI=1S/C19H31N/c1-14(2)17-7-9-19(10-8-17)20-12-11-18-13-15(3)5-6-16(18)4/h5-6,13-14,17,19-20H,7-12H2,1-4H3. The molecule has 0 bridgehead atoms. The Labute approximate surface area is 125 Å². The second-order valence-electron chi connectivity index (χ2n) is 6.99. The first-order chi connectivity index (χ1) is 9.56. The van der Waals surface area contributed by atoms with E-state index in [1.54, 1.807) is 0 Å². The van der Waals surface area contributed by atoms with Gasteiger partial charge in [-0.2, -0.15) is 0 Å². The molecule has 1 heteroatoms. The van der Waals surface area contributed by atoms with Crippen LogP contribution in [0.4, 0.5) is 0 Å². The summed E-state index contributed by atoms with van der Waals surface area (Å²) in [5.41, 5.74) is 4.32. The van der Waals surface area contributed by atoms with Gasteiger partial charge in [-0.25, -0.2) is 0 Å². The molecule has 1 aliphatic carbocycles. The van der Waals surface area contributed by atoms with E-state index in [9.17, 15) is 0 Å². The molecule has 112 valence electrons. The minimum absolute atomic E-state index is 0.759. The average Bonchev–Trinajstić information content (AvgIpc) is 2.43. The molecule has 0 amide bonds. The van der Waals surface area contributed by atoms with Crippen LogP contribution in [-0.4, -0.2) is 12.6 Å². The number of nitrogens with one attached hydrogen (secondary N) is 1. The van der Waals surface area contributed by atoms with Crippen molar-refractivity contribution in [1.82, 2.24) is 5.32 Å². The Morgan fingerprint density at radius 2 is 1.80 bits per heavy atom. The highest BCUT2D eigenvalue weighted by Crippen LogP contribution is 2.29. The van der Waals surface area contributed by atoms with Crippen LogP contribution in [0.25, 0.3) is 0 Å². The predicted molar refractivity (Wildman–Crippen MR) is 88.2 cm³/mol. The van der Waals surface area contributed by atoms with Crippen LogP contribution in [0, 0.1) is 25.7 Å². The third-order valence-electron chi connectivity index (χ3n) is 5.05. The second-order valence-corrected chi connectivity index (χ2v) is 6.99. The minimum atomic E-state index is 0.759. The van der Waals surface area contributed by atoms with Crippen LogP contribution in [0.3, 0.4) is 0 Å². The molecule has 1 saturated carbocycles. The number of aryl methyl sites for hydroxylation is 2. The first-order valence-corrected chi connectivity index (χ1v) is 8.35. The lowest BCUT2D eigenvalue weighted by atomic mass is 9.80. The SMILES string of the molecule is Cc1ccc(C)c(CCNC2CCC(C(C)C)CC2)c1. The number of hydrogen-bond acceptors (Lipinski definition) is 1. The van der Waals surface area contributed by atoms with E-state index < -0.39 is 0 Å². The van der Waals surface area contributed by atoms with Crippen molar-refractivity contribution in [2.75, 3.05) is 6.54 Å². The maximum Gasteiger partial charge on any atom is 0.00673 e. The third kappa shape index (κ3) is 4.34. The van der Waals surface area contributed by atoms with Crippen molar-refractivity contribution in [3.8, 4) is 0 Å². The van der Waals surface area contributed by atoms with Gasteiger partial charge in [-0.15, -0.1) is 0 Å². The summed E-state index contributed by atoms with van der Waals surface area (Å²) >= 11 is 0. The highest BCUT2D eigenvalue weighted by atomic mass is 14.9. The van der Waals surface area contributed by atoms with Gasteiger partial charge in [0.1, 0.15) is 0 Å². The Balaban J connectivity index is 1.73. The molecule has 0 aromatic heterocycles. The van der Waals surface area contributed by atoms with Crippen LogP contribution >= 0.6 is 0 Å². The Kier molecular flexibility index (Phi) is 5.65. The summed E-state index contributed by atoms with van der Waals surface area (Å²) in [6.45, 7) is 10.3. The lowest BCUT2D eigenvalue weighted by Gasteiger charge is -2.31. The van der Waals surface area contributed by atoms with Crippen molar-refractivity contribution >= 4 is 0 Å². The Bertz CT molecular complexity index is 414. The molecule has 1 aromatic rings. The van der Waals surface area contributed by atoms with Gasteiger partial charge in [-0.05, 0) is 75.5 Å². The molecular formula is C19H31N. The molecule has 0 atom stereocenters. The van der Waals surface area contributed by atoms with Gasteiger partial charge in [0.05, 0.1) is 0 Å². The highest BCUT2D eigenvalue weighted by Gasteiger charge is 2.22.